The van der Waals surface area contributed by atoms with E-state index >= 15 is 0 Å². The first-order chi connectivity index (χ1) is 15.5. The predicted molar refractivity (Wildman–Crippen MR) is 124 cm³/mol. The summed E-state index contributed by atoms with van der Waals surface area (Å²) in [5.74, 6) is -0.629. The number of amides is 3. The molecule has 0 unspecified atom stereocenters. The molecule has 1 aliphatic carbocycles. The Bertz CT molecular complexity index is 1010. The van der Waals surface area contributed by atoms with Gasteiger partial charge >= 0.3 is 0 Å². The molecule has 3 amide bonds. The van der Waals surface area contributed by atoms with Crippen LogP contribution in [0, 0.1) is 0 Å². The molecule has 7 nitrogen and oxygen atoms in total. The highest BCUT2D eigenvalue weighted by Gasteiger charge is 2.26. The maximum atomic E-state index is 13.1. The molecule has 1 aromatic carbocycles. The third kappa shape index (κ3) is 4.96. The Hall–Kier alpha value is -2.87. The van der Waals surface area contributed by atoms with E-state index in [2.05, 4.69) is 5.32 Å². The Morgan fingerprint density at radius 3 is 2.47 bits per heavy atom. The molecule has 0 radical (unpaired) electrons. The topological polar surface area (TPSA) is 102 Å². The van der Waals surface area contributed by atoms with Crippen LogP contribution in [0.25, 0.3) is 0 Å². The third-order valence-electron chi connectivity index (χ3n) is 6.09. The quantitative estimate of drug-likeness (QED) is 0.692. The van der Waals surface area contributed by atoms with Crippen molar-refractivity contribution in [1.82, 2.24) is 4.90 Å². The van der Waals surface area contributed by atoms with E-state index in [1.165, 1.54) is 11.3 Å². The first kappa shape index (κ1) is 22.3. The molecule has 1 aromatic heterocycles. The van der Waals surface area contributed by atoms with E-state index in [0.717, 1.165) is 74.9 Å². The van der Waals surface area contributed by atoms with Gasteiger partial charge in [0.15, 0.2) is 6.61 Å². The van der Waals surface area contributed by atoms with Crippen molar-refractivity contribution < 1.29 is 19.1 Å². The third-order valence-corrected chi connectivity index (χ3v) is 7.29. The molecule has 2 aromatic rings. The molecule has 2 aliphatic rings. The molecule has 2 heterocycles. The van der Waals surface area contributed by atoms with Gasteiger partial charge in [-0.15, -0.1) is 11.3 Å². The Labute approximate surface area is 191 Å². The summed E-state index contributed by atoms with van der Waals surface area (Å²) >= 11 is 1.42. The molecule has 4 rings (SSSR count). The summed E-state index contributed by atoms with van der Waals surface area (Å²) < 4.78 is 5.77. The van der Waals surface area contributed by atoms with Gasteiger partial charge in [-0.2, -0.15) is 0 Å². The highest BCUT2D eigenvalue weighted by atomic mass is 32.1. The molecular formula is C24H29N3O4S. The van der Waals surface area contributed by atoms with Crippen LogP contribution in [0.15, 0.2) is 24.3 Å². The summed E-state index contributed by atoms with van der Waals surface area (Å²) in [4.78, 5) is 40.7. The number of ether oxygens (including phenoxy) is 1. The number of hydrogen-bond acceptors (Lipinski definition) is 5. The number of rotatable bonds is 6. The highest BCUT2D eigenvalue weighted by Crippen LogP contribution is 2.38. The van der Waals surface area contributed by atoms with Gasteiger partial charge in [-0.05, 0) is 56.2 Å². The molecule has 32 heavy (non-hydrogen) atoms. The largest absolute Gasteiger partial charge is 0.483 e. The second kappa shape index (κ2) is 10.2. The zero-order chi connectivity index (χ0) is 22.5. The van der Waals surface area contributed by atoms with Crippen LogP contribution in [0.4, 0.5) is 5.00 Å². The SMILES string of the molecule is NC(=O)c1c(NC(=O)c2ccccc2OCC(=O)N2CCCCCC2)sc2c1CCCC2. The van der Waals surface area contributed by atoms with E-state index in [4.69, 9.17) is 10.5 Å². The summed E-state index contributed by atoms with van der Waals surface area (Å²) in [7, 11) is 0. The fourth-order valence-corrected chi connectivity index (χ4v) is 5.71. The molecule has 0 bridgehead atoms. The number of fused-ring (bicyclic) bond motifs is 1. The number of anilines is 1. The lowest BCUT2D eigenvalue weighted by Gasteiger charge is -2.20. The number of carbonyl (C=O) groups excluding carboxylic acids is 3. The number of nitrogens with zero attached hydrogens (tertiary/aromatic N) is 1. The lowest BCUT2D eigenvalue weighted by Crippen LogP contribution is -2.35. The number of hydrogen-bond donors (Lipinski definition) is 2. The van der Waals surface area contributed by atoms with Crippen LogP contribution in [-0.2, 0) is 17.6 Å². The Balaban J connectivity index is 1.48. The fourth-order valence-electron chi connectivity index (χ4n) is 4.42. The van der Waals surface area contributed by atoms with Gasteiger partial charge in [0.2, 0.25) is 0 Å². The van der Waals surface area contributed by atoms with E-state index in [-0.39, 0.29) is 18.4 Å². The average molecular weight is 456 g/mol. The molecule has 3 N–H and O–H groups in total. The van der Waals surface area contributed by atoms with Gasteiger partial charge in [0.25, 0.3) is 17.7 Å². The zero-order valence-corrected chi connectivity index (χ0v) is 19.0. The Kier molecular flexibility index (Phi) is 7.09. The minimum atomic E-state index is -0.521. The smallest absolute Gasteiger partial charge is 0.260 e. The summed E-state index contributed by atoms with van der Waals surface area (Å²) in [6.07, 6.45) is 8.10. The molecule has 1 fully saturated rings. The van der Waals surface area contributed by atoms with Crippen LogP contribution in [0.1, 0.15) is 69.7 Å². The standard InChI is InChI=1S/C24H29N3O4S/c25-22(29)21-17-10-4-6-12-19(17)32-24(21)26-23(30)16-9-3-5-11-18(16)31-15-20(28)27-13-7-1-2-8-14-27/h3,5,9,11H,1-2,4,6-8,10,12-15H2,(H2,25,29)(H,26,30). The number of aryl methyl sites for hydroxylation is 1. The second-order valence-electron chi connectivity index (χ2n) is 8.31. The molecular weight excluding hydrogens is 426 g/mol. The summed E-state index contributed by atoms with van der Waals surface area (Å²) in [6, 6.07) is 6.84. The van der Waals surface area contributed by atoms with Crippen LogP contribution >= 0.6 is 11.3 Å². The molecule has 0 spiro atoms. The first-order valence-electron chi connectivity index (χ1n) is 11.3. The van der Waals surface area contributed by atoms with Crippen LogP contribution in [0.2, 0.25) is 0 Å². The molecule has 0 saturated carbocycles. The van der Waals surface area contributed by atoms with Crippen LogP contribution in [0.3, 0.4) is 0 Å². The van der Waals surface area contributed by atoms with Crippen molar-refractivity contribution in [3.8, 4) is 5.75 Å². The van der Waals surface area contributed by atoms with Crippen molar-refractivity contribution in [2.24, 2.45) is 5.73 Å². The van der Waals surface area contributed by atoms with E-state index in [1.807, 2.05) is 4.90 Å². The highest BCUT2D eigenvalue weighted by molar-refractivity contribution is 7.17. The van der Waals surface area contributed by atoms with Crippen LogP contribution < -0.4 is 15.8 Å². The van der Waals surface area contributed by atoms with Gasteiger partial charge in [0, 0.05) is 18.0 Å². The van der Waals surface area contributed by atoms with Gasteiger partial charge in [0.05, 0.1) is 11.1 Å². The number of likely N-dealkylation sites (tertiary alicyclic amines) is 1. The van der Waals surface area contributed by atoms with Crippen molar-refractivity contribution in [3.05, 3.63) is 45.8 Å². The van der Waals surface area contributed by atoms with Crippen LogP contribution in [0.5, 0.6) is 5.75 Å². The summed E-state index contributed by atoms with van der Waals surface area (Å²) in [5, 5.41) is 3.36. The van der Waals surface area contributed by atoms with E-state index < -0.39 is 5.91 Å². The number of carbonyl (C=O) groups is 3. The van der Waals surface area contributed by atoms with Crippen molar-refractivity contribution in [3.63, 3.8) is 0 Å². The zero-order valence-electron chi connectivity index (χ0n) is 18.2. The maximum absolute atomic E-state index is 13.1. The number of thiophene rings is 1. The Morgan fingerprint density at radius 1 is 1.00 bits per heavy atom. The predicted octanol–water partition coefficient (Wildman–Crippen LogP) is 3.76. The minimum Gasteiger partial charge on any atom is -0.483 e. The van der Waals surface area contributed by atoms with Gasteiger partial charge in [0.1, 0.15) is 10.8 Å². The Morgan fingerprint density at radius 2 is 1.72 bits per heavy atom. The minimum absolute atomic E-state index is 0.0657. The van der Waals surface area contributed by atoms with E-state index in [1.54, 1.807) is 24.3 Å². The van der Waals surface area contributed by atoms with Crippen molar-refractivity contribution in [2.45, 2.75) is 51.4 Å². The van der Waals surface area contributed by atoms with Crippen LogP contribution in [-0.4, -0.2) is 42.3 Å². The monoisotopic (exact) mass is 455 g/mol. The van der Waals surface area contributed by atoms with Crippen molar-refractivity contribution in [2.75, 3.05) is 25.0 Å². The molecule has 0 atom stereocenters. The molecule has 1 aliphatic heterocycles. The normalized spacial score (nSPS) is 16.1. The number of para-hydroxylation sites is 1. The number of nitrogens with two attached hydrogens (primary N) is 1. The number of benzene rings is 1. The fraction of sp³-hybridized carbons (Fsp3) is 0.458. The lowest BCUT2D eigenvalue weighted by atomic mass is 9.95. The number of primary amides is 1. The van der Waals surface area contributed by atoms with E-state index in [0.29, 0.717) is 21.9 Å². The molecule has 170 valence electrons. The average Bonchev–Trinajstić information content (AvgIpc) is 2.95. The maximum Gasteiger partial charge on any atom is 0.260 e. The second-order valence-corrected chi connectivity index (χ2v) is 9.42. The van der Waals surface area contributed by atoms with Gasteiger partial charge in [-0.1, -0.05) is 25.0 Å². The molecule has 8 heteroatoms. The van der Waals surface area contributed by atoms with Gasteiger partial charge < -0.3 is 20.7 Å². The summed E-state index contributed by atoms with van der Waals surface area (Å²) in [5.41, 5.74) is 7.35. The van der Waals surface area contributed by atoms with Crippen molar-refractivity contribution in [1.29, 1.82) is 0 Å². The first-order valence-corrected chi connectivity index (χ1v) is 12.1. The van der Waals surface area contributed by atoms with Crippen molar-refractivity contribution >= 4 is 34.1 Å². The van der Waals surface area contributed by atoms with Gasteiger partial charge in [-0.25, -0.2) is 0 Å². The molecule has 1 saturated heterocycles. The lowest BCUT2D eigenvalue weighted by molar-refractivity contribution is -0.133. The van der Waals surface area contributed by atoms with E-state index in [9.17, 15) is 14.4 Å². The van der Waals surface area contributed by atoms with Gasteiger partial charge in [-0.3, -0.25) is 14.4 Å². The summed E-state index contributed by atoms with van der Waals surface area (Å²) in [6.45, 7) is 1.40. The number of nitrogens with one attached hydrogen (secondary N) is 1.